The quantitative estimate of drug-likeness (QED) is 0.426. The molecule has 1 aliphatic rings. The third-order valence-corrected chi connectivity index (χ3v) is 6.98. The second-order valence-corrected chi connectivity index (χ2v) is 9.45. The minimum atomic E-state index is -1.06. The van der Waals surface area contributed by atoms with E-state index in [0.717, 1.165) is 19.2 Å². The maximum atomic E-state index is 14.8. The van der Waals surface area contributed by atoms with Gasteiger partial charge in [0.15, 0.2) is 0 Å². The van der Waals surface area contributed by atoms with Crippen LogP contribution in [0.2, 0.25) is 0 Å². The number of aliphatic carboxylic acids is 1. The Hall–Kier alpha value is -3.54. The molecular weight excluding hydrogens is 478 g/mol. The number of pyridine rings is 1. The highest BCUT2D eigenvalue weighted by Crippen LogP contribution is 2.35. The van der Waals surface area contributed by atoms with Crippen LogP contribution in [-0.4, -0.2) is 52.8 Å². The van der Waals surface area contributed by atoms with E-state index in [1.165, 1.54) is 19.2 Å². The molecule has 0 saturated carbocycles. The summed E-state index contributed by atoms with van der Waals surface area (Å²) in [7, 11) is 1.52. The van der Waals surface area contributed by atoms with Crippen LogP contribution in [0.15, 0.2) is 48.7 Å². The molecule has 6 nitrogen and oxygen atoms in total. The average Bonchev–Trinajstić information content (AvgIpc) is 2.87. The van der Waals surface area contributed by atoms with E-state index >= 15 is 0 Å². The number of aliphatic hydroxyl groups is 1. The molecule has 0 bridgehead atoms. The van der Waals surface area contributed by atoms with E-state index in [-0.39, 0.29) is 29.6 Å². The number of aliphatic hydroxyl groups excluding tert-OH is 1. The molecule has 0 aliphatic carbocycles. The number of piperidine rings is 1. The highest BCUT2D eigenvalue weighted by atomic mass is 19.1. The number of halogens is 2. The minimum absolute atomic E-state index is 0.0122. The van der Waals surface area contributed by atoms with Gasteiger partial charge in [0.2, 0.25) is 0 Å². The Bertz CT molecular complexity index is 1320. The first-order valence-electron chi connectivity index (χ1n) is 12.3. The molecule has 1 aromatic heterocycles. The van der Waals surface area contributed by atoms with Crippen molar-refractivity contribution in [3.05, 3.63) is 71.4 Å². The molecule has 37 heavy (non-hydrogen) atoms. The summed E-state index contributed by atoms with van der Waals surface area (Å²) in [6.07, 6.45) is 1.68. The third kappa shape index (κ3) is 6.82. The number of rotatable bonds is 8. The lowest BCUT2D eigenvalue weighted by molar-refractivity contribution is -0.139. The number of nitrogens with zero attached hydrogens (tertiary/aromatic N) is 2. The maximum Gasteiger partial charge on any atom is 0.303 e. The van der Waals surface area contributed by atoms with Crippen LogP contribution >= 0.6 is 0 Å². The number of ether oxygens (including phenoxy) is 1. The normalized spacial score (nSPS) is 18.7. The molecule has 8 heteroatoms. The van der Waals surface area contributed by atoms with Gasteiger partial charge in [-0.3, -0.25) is 14.7 Å². The average molecular weight is 509 g/mol. The van der Waals surface area contributed by atoms with Gasteiger partial charge >= 0.3 is 5.97 Å². The van der Waals surface area contributed by atoms with Crippen molar-refractivity contribution in [1.82, 2.24) is 9.88 Å². The van der Waals surface area contributed by atoms with Gasteiger partial charge in [0.1, 0.15) is 17.4 Å². The fraction of sp³-hybridized carbons (Fsp3) is 0.379. The molecule has 1 aliphatic heterocycles. The van der Waals surface area contributed by atoms with E-state index in [1.54, 1.807) is 30.3 Å². The first-order valence-corrected chi connectivity index (χ1v) is 12.3. The van der Waals surface area contributed by atoms with Crippen LogP contribution in [0, 0.1) is 35.3 Å². The smallest absolute Gasteiger partial charge is 0.303 e. The van der Waals surface area contributed by atoms with Gasteiger partial charge in [-0.05, 0) is 74.0 Å². The molecule has 0 spiro atoms. The second kappa shape index (κ2) is 12.1. The molecule has 4 rings (SSSR count). The number of hydrogen-bond donors (Lipinski definition) is 2. The van der Waals surface area contributed by atoms with Crippen molar-refractivity contribution in [2.24, 2.45) is 11.8 Å². The first-order chi connectivity index (χ1) is 17.8. The van der Waals surface area contributed by atoms with E-state index in [4.69, 9.17) is 4.74 Å². The fourth-order valence-corrected chi connectivity index (χ4v) is 5.10. The lowest BCUT2D eigenvalue weighted by Gasteiger charge is -2.37. The Balaban J connectivity index is 1.42. The minimum Gasteiger partial charge on any atom is -0.497 e. The van der Waals surface area contributed by atoms with Gasteiger partial charge in [-0.25, -0.2) is 8.78 Å². The first kappa shape index (κ1) is 26.5. The van der Waals surface area contributed by atoms with Crippen LogP contribution in [0.3, 0.4) is 0 Å². The lowest BCUT2D eigenvalue weighted by atomic mass is 9.79. The summed E-state index contributed by atoms with van der Waals surface area (Å²) in [6, 6.07) is 11.2. The van der Waals surface area contributed by atoms with Gasteiger partial charge in [0.05, 0.1) is 31.5 Å². The standard InChI is InChI=1S/C29H30F2N2O4/c1-37-23-8-9-26-24(16-23)29(25(31)17-32-26)27(34)10-7-20-11-13-33(18-21(20)15-28(35)36)12-3-5-19-4-2-6-22(30)14-19/h2,4,6,8-9,14,16-17,20-21,27,34H,7,10-13,15,18H2,1H3,(H,35,36)/t20?,21?,27-/m1/s1. The summed E-state index contributed by atoms with van der Waals surface area (Å²) < 4.78 is 33.4. The molecule has 0 radical (unpaired) electrons. The topological polar surface area (TPSA) is 82.9 Å². The molecule has 0 amide bonds. The van der Waals surface area contributed by atoms with Crippen LogP contribution in [-0.2, 0) is 4.79 Å². The number of aromatic nitrogens is 1. The molecule has 3 aromatic rings. The molecule has 2 heterocycles. The van der Waals surface area contributed by atoms with Gasteiger partial charge in [-0.15, -0.1) is 0 Å². The number of carboxylic acid groups (broad SMARTS) is 1. The van der Waals surface area contributed by atoms with Gasteiger partial charge in [0, 0.05) is 29.5 Å². The van der Waals surface area contributed by atoms with Gasteiger partial charge in [0.25, 0.3) is 0 Å². The fourth-order valence-electron chi connectivity index (χ4n) is 5.10. The van der Waals surface area contributed by atoms with Gasteiger partial charge < -0.3 is 14.9 Å². The Morgan fingerprint density at radius 2 is 2.08 bits per heavy atom. The second-order valence-electron chi connectivity index (χ2n) is 9.45. The highest BCUT2D eigenvalue weighted by molar-refractivity contribution is 5.84. The van der Waals surface area contributed by atoms with Crippen molar-refractivity contribution in [2.45, 2.75) is 31.8 Å². The van der Waals surface area contributed by atoms with Crippen LogP contribution in [0.4, 0.5) is 8.78 Å². The summed E-state index contributed by atoms with van der Waals surface area (Å²) in [5.41, 5.74) is 1.34. The number of likely N-dealkylation sites (tertiary alicyclic amines) is 1. The highest BCUT2D eigenvalue weighted by Gasteiger charge is 2.31. The van der Waals surface area contributed by atoms with Crippen molar-refractivity contribution in [2.75, 3.05) is 26.7 Å². The zero-order chi connectivity index (χ0) is 26.4. The van der Waals surface area contributed by atoms with Crippen molar-refractivity contribution >= 4 is 16.9 Å². The van der Waals surface area contributed by atoms with Crippen molar-refractivity contribution < 1.29 is 28.5 Å². The van der Waals surface area contributed by atoms with Gasteiger partial charge in [-0.2, -0.15) is 0 Å². The number of carbonyl (C=O) groups is 1. The van der Waals surface area contributed by atoms with E-state index in [0.29, 0.717) is 48.1 Å². The Kier molecular flexibility index (Phi) is 8.70. The number of fused-ring (bicyclic) bond motifs is 1. The monoisotopic (exact) mass is 508 g/mol. The summed E-state index contributed by atoms with van der Waals surface area (Å²) in [4.78, 5) is 17.8. The predicted octanol–water partition coefficient (Wildman–Crippen LogP) is 4.80. The Labute approximate surface area is 214 Å². The zero-order valence-corrected chi connectivity index (χ0v) is 20.7. The van der Waals surface area contributed by atoms with E-state index < -0.39 is 17.9 Å². The van der Waals surface area contributed by atoms with Gasteiger partial charge in [-0.1, -0.05) is 17.9 Å². The lowest BCUT2D eigenvalue weighted by Crippen LogP contribution is -2.41. The summed E-state index contributed by atoms with van der Waals surface area (Å²) >= 11 is 0. The molecule has 2 N–H and O–H groups in total. The molecule has 2 aromatic carbocycles. The molecule has 194 valence electrons. The van der Waals surface area contributed by atoms with E-state index in [2.05, 4.69) is 21.7 Å². The zero-order valence-electron chi connectivity index (χ0n) is 20.7. The van der Waals surface area contributed by atoms with Crippen LogP contribution < -0.4 is 4.74 Å². The Morgan fingerprint density at radius 1 is 1.24 bits per heavy atom. The van der Waals surface area contributed by atoms with Crippen LogP contribution in [0.5, 0.6) is 5.75 Å². The van der Waals surface area contributed by atoms with E-state index in [1.807, 2.05) is 0 Å². The van der Waals surface area contributed by atoms with Crippen LogP contribution in [0.25, 0.3) is 10.9 Å². The summed E-state index contributed by atoms with van der Waals surface area (Å²) in [5, 5.41) is 21.0. The maximum absolute atomic E-state index is 14.8. The van der Waals surface area contributed by atoms with Crippen molar-refractivity contribution in [3.8, 4) is 17.6 Å². The summed E-state index contributed by atoms with van der Waals surface area (Å²) in [5.74, 6) is 4.72. The van der Waals surface area contributed by atoms with Crippen LogP contribution in [0.1, 0.15) is 42.9 Å². The molecule has 2 unspecified atom stereocenters. The number of benzene rings is 2. The Morgan fingerprint density at radius 3 is 2.84 bits per heavy atom. The SMILES string of the molecule is COc1ccc2ncc(F)c([C@H](O)CCC3CCN(CC#Cc4cccc(F)c4)CC3CC(=O)O)c2c1. The molecule has 1 fully saturated rings. The van der Waals surface area contributed by atoms with Crippen molar-refractivity contribution in [3.63, 3.8) is 0 Å². The third-order valence-electron chi connectivity index (χ3n) is 6.98. The molecular formula is C29H30F2N2O4. The van der Waals surface area contributed by atoms with E-state index in [9.17, 15) is 23.8 Å². The predicted molar refractivity (Wildman–Crippen MR) is 136 cm³/mol. The number of methoxy groups -OCH3 is 1. The molecule has 1 saturated heterocycles. The number of carboxylic acids is 1. The molecule has 3 atom stereocenters. The largest absolute Gasteiger partial charge is 0.497 e. The number of hydrogen-bond acceptors (Lipinski definition) is 5. The summed E-state index contributed by atoms with van der Waals surface area (Å²) in [6.45, 7) is 1.76. The van der Waals surface area contributed by atoms with Crippen molar-refractivity contribution in [1.29, 1.82) is 0 Å².